The molecule has 5 nitrogen and oxygen atoms in total. The smallest absolute Gasteiger partial charge is 0.246 e. The van der Waals surface area contributed by atoms with Crippen LogP contribution >= 0.6 is 34.8 Å². The third kappa shape index (κ3) is 3.43. The zero-order valence-electron chi connectivity index (χ0n) is 11.4. The van der Waals surface area contributed by atoms with Crippen LogP contribution < -0.4 is 11.1 Å². The first-order chi connectivity index (χ1) is 9.79. The van der Waals surface area contributed by atoms with Crippen molar-refractivity contribution < 1.29 is 4.79 Å². The molecule has 112 valence electrons. The normalized spacial score (nSPS) is 10.7. The van der Waals surface area contributed by atoms with Crippen LogP contribution in [0, 0.1) is 13.8 Å². The molecule has 1 aromatic heterocycles. The van der Waals surface area contributed by atoms with Crippen molar-refractivity contribution in [2.45, 2.75) is 20.4 Å². The summed E-state index contributed by atoms with van der Waals surface area (Å²) in [6.45, 7) is 3.58. The summed E-state index contributed by atoms with van der Waals surface area (Å²) in [5.74, 6) is -0.314. The van der Waals surface area contributed by atoms with Gasteiger partial charge in [-0.25, -0.2) is 0 Å². The van der Waals surface area contributed by atoms with Crippen LogP contribution in [0.15, 0.2) is 12.1 Å². The lowest BCUT2D eigenvalue weighted by atomic mass is 10.2. The summed E-state index contributed by atoms with van der Waals surface area (Å²) < 4.78 is 1.52. The predicted molar refractivity (Wildman–Crippen MR) is 86.2 cm³/mol. The van der Waals surface area contributed by atoms with E-state index in [2.05, 4.69) is 10.4 Å². The van der Waals surface area contributed by atoms with Gasteiger partial charge in [0, 0.05) is 5.69 Å². The fourth-order valence-electron chi connectivity index (χ4n) is 1.86. The number of halogens is 3. The molecule has 0 saturated heterocycles. The Labute approximate surface area is 137 Å². The van der Waals surface area contributed by atoms with E-state index in [9.17, 15) is 4.79 Å². The average molecular weight is 348 g/mol. The Morgan fingerprint density at radius 3 is 2.33 bits per heavy atom. The fourth-order valence-corrected chi connectivity index (χ4v) is 2.59. The predicted octanol–water partition coefficient (Wildman–Crippen LogP) is 3.68. The number of nitrogens with zero attached hydrogens (tertiary/aromatic N) is 2. The molecule has 0 aliphatic heterocycles. The Morgan fingerprint density at radius 1 is 1.29 bits per heavy atom. The number of aryl methyl sites for hydroxylation is 1. The van der Waals surface area contributed by atoms with Gasteiger partial charge in [-0.15, -0.1) is 0 Å². The number of hydrogen-bond donors (Lipinski definition) is 2. The number of nitrogen functional groups attached to an aromatic ring is 1. The van der Waals surface area contributed by atoms with Crippen LogP contribution in [-0.4, -0.2) is 15.7 Å². The van der Waals surface area contributed by atoms with Gasteiger partial charge >= 0.3 is 0 Å². The summed E-state index contributed by atoms with van der Waals surface area (Å²) in [6.07, 6.45) is 0. The van der Waals surface area contributed by atoms with E-state index in [1.807, 2.05) is 0 Å². The van der Waals surface area contributed by atoms with Crippen molar-refractivity contribution in [3.05, 3.63) is 38.6 Å². The van der Waals surface area contributed by atoms with E-state index >= 15 is 0 Å². The van der Waals surface area contributed by atoms with E-state index in [1.54, 1.807) is 13.8 Å². The number of amides is 1. The summed E-state index contributed by atoms with van der Waals surface area (Å²) in [4.78, 5) is 12.1. The van der Waals surface area contributed by atoms with Crippen LogP contribution in [-0.2, 0) is 11.3 Å². The number of aromatic nitrogens is 2. The molecule has 0 saturated carbocycles. The zero-order chi connectivity index (χ0) is 15.7. The van der Waals surface area contributed by atoms with Gasteiger partial charge in [0.2, 0.25) is 5.91 Å². The number of benzene rings is 1. The Bertz CT molecular complexity index is 689. The number of hydrogen-bond acceptors (Lipinski definition) is 3. The Morgan fingerprint density at radius 2 is 1.86 bits per heavy atom. The summed E-state index contributed by atoms with van der Waals surface area (Å²) in [5, 5.41) is 7.94. The van der Waals surface area contributed by atoms with Gasteiger partial charge in [0.1, 0.15) is 6.54 Å². The number of nitrogens with one attached hydrogen (secondary N) is 1. The third-order valence-electron chi connectivity index (χ3n) is 2.92. The van der Waals surface area contributed by atoms with Gasteiger partial charge in [0.05, 0.1) is 32.1 Å². The molecule has 2 aromatic rings. The van der Waals surface area contributed by atoms with Gasteiger partial charge < -0.3 is 11.1 Å². The molecule has 0 fully saturated rings. The standard InChI is InChI=1S/C13H13Cl3N4O/c1-6-12(16)7(2)20(19-6)5-11(21)18-13-9(14)3-8(17)4-10(13)15/h3-4H,5,17H2,1-2H3,(H,18,21). The maximum atomic E-state index is 12.1. The van der Waals surface area contributed by atoms with Crippen molar-refractivity contribution in [3.8, 4) is 0 Å². The largest absolute Gasteiger partial charge is 0.399 e. The van der Waals surface area contributed by atoms with Crippen molar-refractivity contribution >= 4 is 52.1 Å². The highest BCUT2D eigenvalue weighted by Crippen LogP contribution is 2.32. The lowest BCUT2D eigenvalue weighted by Crippen LogP contribution is -2.20. The lowest BCUT2D eigenvalue weighted by Gasteiger charge is -2.11. The quantitative estimate of drug-likeness (QED) is 0.832. The van der Waals surface area contributed by atoms with E-state index in [0.717, 1.165) is 5.69 Å². The topological polar surface area (TPSA) is 72.9 Å². The van der Waals surface area contributed by atoms with E-state index < -0.39 is 0 Å². The van der Waals surface area contributed by atoms with Gasteiger partial charge in [-0.05, 0) is 26.0 Å². The molecule has 3 N–H and O–H groups in total. The maximum Gasteiger partial charge on any atom is 0.246 e. The number of anilines is 2. The number of carbonyl (C=O) groups is 1. The first-order valence-corrected chi connectivity index (χ1v) is 7.17. The molecule has 21 heavy (non-hydrogen) atoms. The molecular formula is C13H13Cl3N4O. The van der Waals surface area contributed by atoms with Gasteiger partial charge in [-0.3, -0.25) is 9.48 Å². The summed E-state index contributed by atoms with van der Waals surface area (Å²) in [5.41, 5.74) is 7.75. The molecule has 0 aliphatic rings. The van der Waals surface area contributed by atoms with E-state index in [1.165, 1.54) is 16.8 Å². The van der Waals surface area contributed by atoms with Crippen LogP contribution in [0.5, 0.6) is 0 Å². The summed E-state index contributed by atoms with van der Waals surface area (Å²) >= 11 is 18.1. The molecule has 8 heteroatoms. The van der Waals surface area contributed by atoms with Crippen LogP contribution in [0.25, 0.3) is 0 Å². The number of nitrogens with two attached hydrogens (primary N) is 1. The van der Waals surface area contributed by atoms with E-state index in [0.29, 0.717) is 22.1 Å². The highest BCUT2D eigenvalue weighted by atomic mass is 35.5. The maximum absolute atomic E-state index is 12.1. The number of carbonyl (C=O) groups excluding carboxylic acids is 1. The average Bonchev–Trinajstić information content (AvgIpc) is 2.61. The SMILES string of the molecule is Cc1nn(CC(=O)Nc2c(Cl)cc(N)cc2Cl)c(C)c1Cl. The van der Waals surface area contributed by atoms with Gasteiger partial charge in [0.25, 0.3) is 0 Å². The molecule has 0 aliphatic carbocycles. The van der Waals surface area contributed by atoms with Crippen molar-refractivity contribution in [1.82, 2.24) is 9.78 Å². The van der Waals surface area contributed by atoms with Crippen LogP contribution in [0.1, 0.15) is 11.4 Å². The minimum Gasteiger partial charge on any atom is -0.399 e. The summed E-state index contributed by atoms with van der Waals surface area (Å²) in [7, 11) is 0. The molecule has 0 unspecified atom stereocenters. The molecule has 2 rings (SSSR count). The highest BCUT2D eigenvalue weighted by molar-refractivity contribution is 6.40. The fraction of sp³-hybridized carbons (Fsp3) is 0.231. The van der Waals surface area contributed by atoms with Crippen molar-refractivity contribution in [2.24, 2.45) is 0 Å². The highest BCUT2D eigenvalue weighted by Gasteiger charge is 2.15. The molecule has 0 atom stereocenters. The second-order valence-corrected chi connectivity index (χ2v) is 5.74. The monoisotopic (exact) mass is 346 g/mol. The first kappa shape index (κ1) is 15.9. The van der Waals surface area contributed by atoms with Crippen molar-refractivity contribution in [2.75, 3.05) is 11.1 Å². The number of rotatable bonds is 3. The van der Waals surface area contributed by atoms with Gasteiger partial charge in [0.15, 0.2) is 0 Å². The molecule has 0 spiro atoms. The van der Waals surface area contributed by atoms with E-state index in [4.69, 9.17) is 40.5 Å². The first-order valence-electron chi connectivity index (χ1n) is 6.03. The second kappa shape index (κ2) is 6.13. The minimum absolute atomic E-state index is 0.0103. The van der Waals surface area contributed by atoms with Crippen molar-refractivity contribution in [3.63, 3.8) is 0 Å². The van der Waals surface area contributed by atoms with E-state index in [-0.39, 0.29) is 22.5 Å². The Balaban J connectivity index is 2.17. The van der Waals surface area contributed by atoms with Crippen LogP contribution in [0.2, 0.25) is 15.1 Å². The summed E-state index contributed by atoms with van der Waals surface area (Å²) in [6, 6.07) is 3.03. The van der Waals surface area contributed by atoms with Crippen molar-refractivity contribution in [1.29, 1.82) is 0 Å². The zero-order valence-corrected chi connectivity index (χ0v) is 13.6. The molecule has 1 heterocycles. The molecular weight excluding hydrogens is 335 g/mol. The third-order valence-corrected chi connectivity index (χ3v) is 4.06. The van der Waals surface area contributed by atoms with Crippen LogP contribution in [0.4, 0.5) is 11.4 Å². The van der Waals surface area contributed by atoms with Gasteiger partial charge in [-0.2, -0.15) is 5.10 Å². The molecule has 0 radical (unpaired) electrons. The Kier molecular flexibility index (Phi) is 4.66. The molecule has 0 bridgehead atoms. The lowest BCUT2D eigenvalue weighted by molar-refractivity contribution is -0.116. The van der Waals surface area contributed by atoms with Gasteiger partial charge in [-0.1, -0.05) is 34.8 Å². The van der Waals surface area contributed by atoms with Crippen LogP contribution in [0.3, 0.4) is 0 Å². The second-order valence-electron chi connectivity index (χ2n) is 4.55. The Hall–Kier alpha value is -1.43. The molecule has 1 amide bonds. The minimum atomic E-state index is -0.314. The molecule has 1 aromatic carbocycles.